The van der Waals surface area contributed by atoms with Gasteiger partial charge in [0.05, 0.1) is 0 Å². The van der Waals surface area contributed by atoms with Crippen LogP contribution in [0, 0.1) is 0 Å². The Hall–Kier alpha value is -0.430. The largest absolute Gasteiger partial charge is 0.123 e. The first-order valence-electron chi connectivity index (χ1n) is 5.51. The minimum absolute atomic E-state index is 0.729. The summed E-state index contributed by atoms with van der Waals surface area (Å²) in [6.45, 7) is 6.75. The Bertz CT molecular complexity index is 250. The summed E-state index contributed by atoms with van der Waals surface area (Å²) in [5.41, 5.74) is 1.46. The van der Waals surface area contributed by atoms with E-state index in [1.54, 1.807) is 0 Å². The first kappa shape index (κ1) is 11.6. The van der Waals surface area contributed by atoms with Crippen molar-refractivity contribution in [1.82, 2.24) is 0 Å². The quantitative estimate of drug-likeness (QED) is 0.641. The second kappa shape index (κ2) is 6.13. The third kappa shape index (κ3) is 3.75. The van der Waals surface area contributed by atoms with Crippen LogP contribution in [0.25, 0.3) is 0 Å². The Labute approximate surface area is 92.1 Å². The molecule has 1 unspecified atom stereocenters. The lowest BCUT2D eigenvalue weighted by atomic mass is 10.1. The molecule has 0 nitrogen and oxygen atoms in total. The third-order valence-corrected chi connectivity index (χ3v) is 3.65. The van der Waals surface area contributed by atoms with Crippen molar-refractivity contribution in [3.63, 3.8) is 0 Å². The molecule has 1 atom stereocenters. The molecule has 0 heterocycles. The number of aryl methyl sites for hydroxylation is 1. The van der Waals surface area contributed by atoms with Crippen LogP contribution >= 0.6 is 11.8 Å². The van der Waals surface area contributed by atoms with Gasteiger partial charge in [0, 0.05) is 10.1 Å². The van der Waals surface area contributed by atoms with E-state index in [1.165, 1.54) is 29.7 Å². The van der Waals surface area contributed by atoms with Crippen molar-refractivity contribution >= 4 is 11.8 Å². The smallest absolute Gasteiger partial charge is 0.00748 e. The van der Waals surface area contributed by atoms with Crippen molar-refractivity contribution in [2.75, 3.05) is 0 Å². The number of rotatable bonds is 5. The fourth-order valence-electron chi connectivity index (χ4n) is 1.34. The van der Waals surface area contributed by atoms with Gasteiger partial charge in [0.2, 0.25) is 0 Å². The Kier molecular flexibility index (Phi) is 5.10. The average Bonchev–Trinajstić information content (AvgIpc) is 2.21. The average molecular weight is 208 g/mol. The summed E-state index contributed by atoms with van der Waals surface area (Å²) in [6.07, 6.45) is 3.67. The van der Waals surface area contributed by atoms with E-state index in [2.05, 4.69) is 45.0 Å². The predicted molar refractivity (Wildman–Crippen MR) is 66.0 cm³/mol. The lowest BCUT2D eigenvalue weighted by molar-refractivity contribution is 0.904. The zero-order valence-electron chi connectivity index (χ0n) is 9.42. The van der Waals surface area contributed by atoms with Crippen molar-refractivity contribution in [3.05, 3.63) is 29.8 Å². The van der Waals surface area contributed by atoms with E-state index in [1.807, 2.05) is 11.8 Å². The summed E-state index contributed by atoms with van der Waals surface area (Å²) in [5.74, 6) is 0. The zero-order valence-corrected chi connectivity index (χ0v) is 10.2. The van der Waals surface area contributed by atoms with E-state index < -0.39 is 0 Å². The van der Waals surface area contributed by atoms with Crippen LogP contribution < -0.4 is 0 Å². The van der Waals surface area contributed by atoms with Gasteiger partial charge in [-0.1, -0.05) is 39.3 Å². The monoisotopic (exact) mass is 208 g/mol. The van der Waals surface area contributed by atoms with E-state index in [9.17, 15) is 0 Å². The topological polar surface area (TPSA) is 0 Å². The van der Waals surface area contributed by atoms with Crippen LogP contribution in [0.3, 0.4) is 0 Å². The maximum absolute atomic E-state index is 2.28. The van der Waals surface area contributed by atoms with Crippen molar-refractivity contribution in [2.24, 2.45) is 0 Å². The Morgan fingerprint density at radius 1 is 1.14 bits per heavy atom. The van der Waals surface area contributed by atoms with Crippen LogP contribution in [0.4, 0.5) is 0 Å². The van der Waals surface area contributed by atoms with Gasteiger partial charge in [0.25, 0.3) is 0 Å². The molecule has 0 bridgehead atoms. The Morgan fingerprint density at radius 3 is 2.29 bits per heavy atom. The first-order chi connectivity index (χ1) is 6.76. The van der Waals surface area contributed by atoms with Gasteiger partial charge in [-0.3, -0.25) is 0 Å². The number of hydrogen-bond acceptors (Lipinski definition) is 1. The third-order valence-electron chi connectivity index (χ3n) is 2.37. The Morgan fingerprint density at radius 2 is 1.79 bits per heavy atom. The highest BCUT2D eigenvalue weighted by Gasteiger charge is 2.01. The van der Waals surface area contributed by atoms with E-state index in [4.69, 9.17) is 0 Å². The predicted octanol–water partition coefficient (Wildman–Crippen LogP) is 4.53. The highest BCUT2D eigenvalue weighted by atomic mass is 32.2. The molecule has 0 radical (unpaired) electrons. The highest BCUT2D eigenvalue weighted by Crippen LogP contribution is 2.25. The van der Waals surface area contributed by atoms with Crippen LogP contribution in [0.2, 0.25) is 0 Å². The molecule has 0 amide bonds. The van der Waals surface area contributed by atoms with E-state index >= 15 is 0 Å². The maximum Gasteiger partial charge on any atom is 0.00748 e. The van der Waals surface area contributed by atoms with Gasteiger partial charge >= 0.3 is 0 Å². The van der Waals surface area contributed by atoms with Crippen LogP contribution in [-0.4, -0.2) is 5.25 Å². The highest BCUT2D eigenvalue weighted by molar-refractivity contribution is 7.99. The summed E-state index contributed by atoms with van der Waals surface area (Å²) in [5, 5.41) is 0.729. The molecule has 1 heteroatoms. The molecular weight excluding hydrogens is 188 g/mol. The standard InChI is InChI=1S/C13H20S/c1-4-6-12-7-9-13(10-8-12)14-11(3)5-2/h7-11H,4-6H2,1-3H3. The molecule has 0 aliphatic carbocycles. The van der Waals surface area contributed by atoms with Crippen LogP contribution in [-0.2, 0) is 6.42 Å². The molecule has 0 aliphatic heterocycles. The van der Waals surface area contributed by atoms with Gasteiger partial charge in [0.1, 0.15) is 0 Å². The van der Waals surface area contributed by atoms with Gasteiger partial charge in [0.15, 0.2) is 0 Å². The first-order valence-corrected chi connectivity index (χ1v) is 6.39. The van der Waals surface area contributed by atoms with Crippen molar-refractivity contribution < 1.29 is 0 Å². The number of thioether (sulfide) groups is 1. The second-order valence-electron chi connectivity index (χ2n) is 3.73. The van der Waals surface area contributed by atoms with E-state index in [0.29, 0.717) is 0 Å². The molecule has 0 fully saturated rings. The summed E-state index contributed by atoms with van der Waals surface area (Å²) in [6, 6.07) is 9.02. The molecule has 0 spiro atoms. The van der Waals surface area contributed by atoms with Crippen molar-refractivity contribution in [2.45, 2.75) is 50.2 Å². The summed E-state index contributed by atoms with van der Waals surface area (Å²) in [4.78, 5) is 1.40. The molecule has 0 saturated carbocycles. The lowest BCUT2D eigenvalue weighted by Crippen LogP contribution is -1.91. The van der Waals surface area contributed by atoms with Crippen molar-refractivity contribution in [1.29, 1.82) is 0 Å². The fourth-order valence-corrected chi connectivity index (χ4v) is 2.26. The molecule has 0 aliphatic rings. The lowest BCUT2D eigenvalue weighted by Gasteiger charge is -2.08. The van der Waals surface area contributed by atoms with Crippen LogP contribution in [0.15, 0.2) is 29.2 Å². The van der Waals surface area contributed by atoms with Crippen LogP contribution in [0.5, 0.6) is 0 Å². The molecule has 0 N–H and O–H groups in total. The van der Waals surface area contributed by atoms with Gasteiger partial charge in [-0.2, -0.15) is 0 Å². The molecule has 14 heavy (non-hydrogen) atoms. The molecule has 0 aromatic heterocycles. The number of hydrogen-bond donors (Lipinski definition) is 0. The molecule has 1 rings (SSSR count). The second-order valence-corrected chi connectivity index (χ2v) is 5.24. The molecule has 0 saturated heterocycles. The van der Waals surface area contributed by atoms with E-state index in [-0.39, 0.29) is 0 Å². The van der Waals surface area contributed by atoms with Gasteiger partial charge in [-0.05, 0) is 30.5 Å². The SMILES string of the molecule is CCCc1ccc(SC(C)CC)cc1. The zero-order chi connectivity index (χ0) is 10.4. The van der Waals surface area contributed by atoms with Crippen molar-refractivity contribution in [3.8, 4) is 0 Å². The molecule has 1 aromatic carbocycles. The van der Waals surface area contributed by atoms with E-state index in [0.717, 1.165) is 5.25 Å². The number of benzene rings is 1. The minimum Gasteiger partial charge on any atom is -0.123 e. The molecule has 1 aromatic rings. The maximum atomic E-state index is 2.28. The fraction of sp³-hybridized carbons (Fsp3) is 0.538. The Balaban J connectivity index is 2.54. The van der Waals surface area contributed by atoms with Crippen LogP contribution in [0.1, 0.15) is 39.2 Å². The van der Waals surface area contributed by atoms with Gasteiger partial charge in [-0.25, -0.2) is 0 Å². The summed E-state index contributed by atoms with van der Waals surface area (Å²) in [7, 11) is 0. The summed E-state index contributed by atoms with van der Waals surface area (Å²) < 4.78 is 0. The summed E-state index contributed by atoms with van der Waals surface area (Å²) >= 11 is 1.97. The minimum atomic E-state index is 0.729. The molecule has 78 valence electrons. The molecular formula is C13H20S. The van der Waals surface area contributed by atoms with Gasteiger partial charge in [-0.15, -0.1) is 11.8 Å². The van der Waals surface area contributed by atoms with Gasteiger partial charge < -0.3 is 0 Å². The normalized spacial score (nSPS) is 12.8.